The number of aliphatic carboxylic acids is 1. The molecule has 0 saturated carbocycles. The number of aromatic nitrogens is 2. The number of nitrogens with zero attached hydrogens (tertiary/aromatic N) is 2. The Hall–Kier alpha value is -1.84. The van der Waals surface area contributed by atoms with Crippen LogP contribution in [-0.4, -0.2) is 20.6 Å². The van der Waals surface area contributed by atoms with Crippen LogP contribution in [0.4, 0.5) is 0 Å². The van der Waals surface area contributed by atoms with Gasteiger partial charge in [0.05, 0.1) is 17.0 Å². The second-order valence-corrected chi connectivity index (χ2v) is 5.20. The molecule has 4 nitrogen and oxygen atoms in total. The molecule has 1 aromatic carbocycles. The molecule has 1 aromatic heterocycles. The molecular formula is C16H22N2O2. The van der Waals surface area contributed by atoms with E-state index < -0.39 is 5.97 Å². The first-order chi connectivity index (χ1) is 9.67. The van der Waals surface area contributed by atoms with Gasteiger partial charge < -0.3 is 9.67 Å². The molecule has 0 spiro atoms. The molecule has 108 valence electrons. The van der Waals surface area contributed by atoms with Crippen molar-refractivity contribution in [3.05, 3.63) is 30.1 Å². The highest BCUT2D eigenvalue weighted by molar-refractivity contribution is 5.76. The highest BCUT2D eigenvalue weighted by atomic mass is 16.4. The molecule has 0 aliphatic carbocycles. The number of hydrogen-bond donors (Lipinski definition) is 1. The number of rotatable bonds is 7. The molecule has 0 aliphatic rings. The van der Waals surface area contributed by atoms with E-state index in [2.05, 4.69) is 22.5 Å². The van der Waals surface area contributed by atoms with E-state index >= 15 is 0 Å². The Labute approximate surface area is 119 Å². The summed E-state index contributed by atoms with van der Waals surface area (Å²) >= 11 is 0. The number of benzene rings is 1. The molecular weight excluding hydrogens is 252 g/mol. The Bertz CT molecular complexity index is 589. The number of para-hydroxylation sites is 2. The van der Waals surface area contributed by atoms with Crippen molar-refractivity contribution < 1.29 is 9.90 Å². The summed E-state index contributed by atoms with van der Waals surface area (Å²) in [5.41, 5.74) is 2.06. The van der Waals surface area contributed by atoms with Gasteiger partial charge in [-0.15, -0.1) is 0 Å². The number of imidazole rings is 1. The third-order valence-electron chi connectivity index (χ3n) is 3.60. The first-order valence-electron chi connectivity index (χ1n) is 7.34. The van der Waals surface area contributed by atoms with E-state index in [9.17, 15) is 9.90 Å². The maximum atomic E-state index is 11.3. The average Bonchev–Trinajstić information content (AvgIpc) is 2.77. The lowest BCUT2D eigenvalue weighted by molar-refractivity contribution is -0.142. The minimum absolute atomic E-state index is 0.340. The summed E-state index contributed by atoms with van der Waals surface area (Å²) < 4.78 is 2.17. The Morgan fingerprint density at radius 3 is 2.70 bits per heavy atom. The van der Waals surface area contributed by atoms with Gasteiger partial charge in [0.1, 0.15) is 5.82 Å². The molecule has 4 heteroatoms. The Balaban J connectivity index is 2.36. The third kappa shape index (κ3) is 3.00. The summed E-state index contributed by atoms with van der Waals surface area (Å²) in [5.74, 6) is -0.164. The van der Waals surface area contributed by atoms with Gasteiger partial charge in [0.25, 0.3) is 0 Å². The second-order valence-electron chi connectivity index (χ2n) is 5.20. The van der Waals surface area contributed by atoms with Gasteiger partial charge in [-0.05, 0) is 25.0 Å². The minimum Gasteiger partial charge on any atom is -0.481 e. The van der Waals surface area contributed by atoms with Crippen LogP contribution in [0.1, 0.15) is 38.9 Å². The van der Waals surface area contributed by atoms with Crippen molar-refractivity contribution in [1.82, 2.24) is 9.55 Å². The molecule has 1 N–H and O–H groups in total. The van der Waals surface area contributed by atoms with Crippen molar-refractivity contribution in [3.8, 4) is 0 Å². The van der Waals surface area contributed by atoms with Crippen LogP contribution in [0.15, 0.2) is 24.3 Å². The van der Waals surface area contributed by atoms with Gasteiger partial charge in [0.15, 0.2) is 0 Å². The van der Waals surface area contributed by atoms with E-state index in [1.54, 1.807) is 0 Å². The fraction of sp³-hybridized carbons (Fsp3) is 0.500. The zero-order chi connectivity index (χ0) is 14.5. The lowest BCUT2D eigenvalue weighted by Crippen LogP contribution is -2.19. The van der Waals surface area contributed by atoms with Gasteiger partial charge in [0, 0.05) is 13.0 Å². The van der Waals surface area contributed by atoms with Crippen LogP contribution in [0.3, 0.4) is 0 Å². The summed E-state index contributed by atoms with van der Waals surface area (Å²) in [4.78, 5) is 16.0. The highest BCUT2D eigenvalue weighted by Crippen LogP contribution is 2.21. The SMILES string of the molecule is CCCC(Cc1nc2ccccc2n1CCC)C(=O)O. The zero-order valence-electron chi connectivity index (χ0n) is 12.2. The van der Waals surface area contributed by atoms with Crippen LogP contribution in [0.2, 0.25) is 0 Å². The molecule has 1 unspecified atom stereocenters. The molecule has 1 heterocycles. The summed E-state index contributed by atoms with van der Waals surface area (Å²) in [6.07, 6.45) is 3.10. The normalized spacial score (nSPS) is 12.7. The first kappa shape index (κ1) is 14.6. The largest absolute Gasteiger partial charge is 0.481 e. The fourth-order valence-electron chi connectivity index (χ4n) is 2.64. The molecule has 2 rings (SSSR count). The summed E-state index contributed by atoms with van der Waals surface area (Å²) in [7, 11) is 0. The molecule has 0 radical (unpaired) electrons. The topological polar surface area (TPSA) is 55.1 Å². The lowest BCUT2D eigenvalue weighted by Gasteiger charge is -2.12. The average molecular weight is 274 g/mol. The predicted molar refractivity (Wildman–Crippen MR) is 79.8 cm³/mol. The number of fused-ring (bicyclic) bond motifs is 1. The second kappa shape index (κ2) is 6.55. The molecule has 0 bridgehead atoms. The van der Waals surface area contributed by atoms with Crippen LogP contribution in [0, 0.1) is 5.92 Å². The van der Waals surface area contributed by atoms with E-state index in [1.165, 1.54) is 0 Å². The van der Waals surface area contributed by atoms with Crippen molar-refractivity contribution in [2.75, 3.05) is 0 Å². The van der Waals surface area contributed by atoms with Gasteiger partial charge in [-0.3, -0.25) is 4.79 Å². The van der Waals surface area contributed by atoms with Gasteiger partial charge in [0.2, 0.25) is 0 Å². The van der Waals surface area contributed by atoms with E-state index in [4.69, 9.17) is 0 Å². The first-order valence-corrected chi connectivity index (χ1v) is 7.34. The number of carboxylic acids is 1. The Kier molecular flexibility index (Phi) is 4.77. The van der Waals surface area contributed by atoms with Crippen LogP contribution < -0.4 is 0 Å². The van der Waals surface area contributed by atoms with E-state index in [0.717, 1.165) is 36.2 Å². The number of carboxylic acid groups (broad SMARTS) is 1. The van der Waals surface area contributed by atoms with Crippen LogP contribution in [-0.2, 0) is 17.8 Å². The lowest BCUT2D eigenvalue weighted by atomic mass is 10.00. The van der Waals surface area contributed by atoms with Crippen molar-refractivity contribution in [3.63, 3.8) is 0 Å². The van der Waals surface area contributed by atoms with Crippen LogP contribution >= 0.6 is 0 Å². The minimum atomic E-state index is -0.720. The molecule has 0 aliphatic heterocycles. The Morgan fingerprint density at radius 2 is 2.05 bits per heavy atom. The standard InChI is InChI=1S/C16H22N2O2/c1-3-7-12(16(19)20)11-15-17-13-8-5-6-9-14(13)18(15)10-4-2/h5-6,8-9,12H,3-4,7,10-11H2,1-2H3,(H,19,20). The van der Waals surface area contributed by atoms with E-state index in [0.29, 0.717) is 12.8 Å². The maximum absolute atomic E-state index is 11.3. The van der Waals surface area contributed by atoms with E-state index in [1.807, 2.05) is 25.1 Å². The third-order valence-corrected chi connectivity index (χ3v) is 3.60. The van der Waals surface area contributed by atoms with Crippen molar-refractivity contribution in [1.29, 1.82) is 0 Å². The summed E-state index contributed by atoms with van der Waals surface area (Å²) in [6.45, 7) is 5.03. The molecule has 20 heavy (non-hydrogen) atoms. The van der Waals surface area contributed by atoms with Crippen molar-refractivity contribution in [2.24, 2.45) is 5.92 Å². The molecule has 0 fully saturated rings. The maximum Gasteiger partial charge on any atom is 0.306 e. The quantitative estimate of drug-likeness (QED) is 0.840. The molecule has 2 aromatic rings. The van der Waals surface area contributed by atoms with Gasteiger partial charge >= 0.3 is 5.97 Å². The number of aryl methyl sites for hydroxylation is 1. The molecule has 1 atom stereocenters. The fourth-order valence-corrected chi connectivity index (χ4v) is 2.64. The summed E-state index contributed by atoms with van der Waals surface area (Å²) in [5, 5.41) is 9.32. The predicted octanol–water partition coefficient (Wildman–Crippen LogP) is 3.49. The molecule has 0 saturated heterocycles. The van der Waals surface area contributed by atoms with Crippen molar-refractivity contribution in [2.45, 2.75) is 46.1 Å². The number of hydrogen-bond acceptors (Lipinski definition) is 2. The van der Waals surface area contributed by atoms with Gasteiger partial charge in [-0.25, -0.2) is 4.98 Å². The van der Waals surface area contributed by atoms with Crippen LogP contribution in [0.5, 0.6) is 0 Å². The van der Waals surface area contributed by atoms with Crippen LogP contribution in [0.25, 0.3) is 11.0 Å². The number of carbonyl (C=O) groups is 1. The summed E-state index contributed by atoms with van der Waals surface area (Å²) in [6, 6.07) is 8.01. The Morgan fingerprint density at radius 1 is 1.30 bits per heavy atom. The van der Waals surface area contributed by atoms with E-state index in [-0.39, 0.29) is 5.92 Å². The monoisotopic (exact) mass is 274 g/mol. The smallest absolute Gasteiger partial charge is 0.306 e. The van der Waals surface area contributed by atoms with Gasteiger partial charge in [-0.1, -0.05) is 32.4 Å². The van der Waals surface area contributed by atoms with Gasteiger partial charge in [-0.2, -0.15) is 0 Å². The highest BCUT2D eigenvalue weighted by Gasteiger charge is 2.20. The zero-order valence-corrected chi connectivity index (χ0v) is 12.2. The molecule has 0 amide bonds. The van der Waals surface area contributed by atoms with Crippen molar-refractivity contribution >= 4 is 17.0 Å².